The fourth-order valence-corrected chi connectivity index (χ4v) is 3.97. The Hall–Kier alpha value is -1.50. The average molecular weight is 331 g/mol. The van der Waals surface area contributed by atoms with Crippen molar-refractivity contribution in [3.63, 3.8) is 0 Å². The van der Waals surface area contributed by atoms with E-state index in [1.54, 1.807) is 0 Å². The van der Waals surface area contributed by atoms with Crippen molar-refractivity contribution in [1.82, 2.24) is 14.9 Å². The molecule has 1 aromatic rings. The Morgan fingerprint density at radius 2 is 2.12 bits per heavy atom. The summed E-state index contributed by atoms with van der Waals surface area (Å²) in [7, 11) is 0. The third-order valence-corrected chi connectivity index (χ3v) is 5.32. The number of aromatic nitrogens is 1. The lowest BCUT2D eigenvalue weighted by molar-refractivity contribution is -0.206. The van der Waals surface area contributed by atoms with Crippen LogP contribution in [0.5, 0.6) is 0 Å². The van der Waals surface area contributed by atoms with Crippen LogP contribution in [0.4, 0.5) is 0 Å². The van der Waals surface area contributed by atoms with Gasteiger partial charge in [-0.2, -0.15) is 0 Å². The summed E-state index contributed by atoms with van der Waals surface area (Å²) in [5, 5.41) is 1.53. The first-order valence-electron chi connectivity index (χ1n) is 9.00. The van der Waals surface area contributed by atoms with Gasteiger partial charge in [-0.15, -0.1) is 0 Å². The Bertz CT molecular complexity index is 562. The van der Waals surface area contributed by atoms with E-state index in [1.165, 1.54) is 10.6 Å². The van der Waals surface area contributed by atoms with Crippen LogP contribution in [0.3, 0.4) is 0 Å². The maximum Gasteiger partial charge on any atom is 0.275 e. The van der Waals surface area contributed by atoms with Gasteiger partial charge in [0, 0.05) is 32.0 Å². The summed E-state index contributed by atoms with van der Waals surface area (Å²) >= 11 is 0. The van der Waals surface area contributed by atoms with Crippen LogP contribution in [0.25, 0.3) is 0 Å². The van der Waals surface area contributed by atoms with Crippen molar-refractivity contribution in [2.24, 2.45) is 5.92 Å². The Kier molecular flexibility index (Phi) is 4.78. The number of hydrogen-bond acceptors (Lipinski definition) is 5. The lowest BCUT2D eigenvalue weighted by Gasteiger charge is -2.34. The number of fused-ring (bicyclic) bond motifs is 1. The van der Waals surface area contributed by atoms with Crippen molar-refractivity contribution in [3.05, 3.63) is 30.1 Å². The smallest absolute Gasteiger partial charge is 0.275 e. The van der Waals surface area contributed by atoms with Gasteiger partial charge in [0.25, 0.3) is 5.91 Å². The SMILES string of the molecule is O=C([C@H]1C[C@@H]2CCN(Cc3ccncc3)C[C@H]2O1)N1CCCCO1. The summed E-state index contributed by atoms with van der Waals surface area (Å²) in [5.41, 5.74) is 1.27. The van der Waals surface area contributed by atoms with Gasteiger partial charge in [0.05, 0.1) is 12.7 Å². The molecule has 24 heavy (non-hydrogen) atoms. The van der Waals surface area contributed by atoms with Crippen molar-refractivity contribution < 1.29 is 14.4 Å². The molecule has 1 amide bonds. The standard InChI is InChI=1S/C18H25N3O3/c22-18(21-8-1-2-10-23-21)16-11-15-5-9-20(13-17(15)24-16)12-14-3-6-19-7-4-14/h3-4,6-7,15-17H,1-2,5,8-13H2/t15-,16+,17+/m0/s1. The minimum atomic E-state index is -0.320. The molecule has 0 saturated carbocycles. The molecule has 0 N–H and O–H groups in total. The molecule has 0 spiro atoms. The normalized spacial score (nSPS) is 31.0. The second-order valence-corrected chi connectivity index (χ2v) is 7.02. The van der Waals surface area contributed by atoms with Crippen LogP contribution >= 0.6 is 0 Å². The Morgan fingerprint density at radius 1 is 1.25 bits per heavy atom. The molecule has 0 aliphatic carbocycles. The molecule has 130 valence electrons. The molecule has 3 aliphatic rings. The Morgan fingerprint density at radius 3 is 2.92 bits per heavy atom. The highest BCUT2D eigenvalue weighted by Crippen LogP contribution is 2.34. The molecular weight excluding hydrogens is 306 g/mol. The van der Waals surface area contributed by atoms with Crippen molar-refractivity contribution in [1.29, 1.82) is 0 Å². The van der Waals surface area contributed by atoms with Gasteiger partial charge < -0.3 is 4.74 Å². The zero-order valence-electron chi connectivity index (χ0n) is 14.0. The number of hydrogen-bond donors (Lipinski definition) is 0. The van der Waals surface area contributed by atoms with E-state index in [2.05, 4.69) is 22.0 Å². The molecule has 6 nitrogen and oxygen atoms in total. The summed E-state index contributed by atoms with van der Waals surface area (Å²) in [4.78, 5) is 24.6. The molecule has 3 atom stereocenters. The maximum atomic E-state index is 12.6. The predicted octanol–water partition coefficient (Wildman–Crippen LogP) is 1.61. The van der Waals surface area contributed by atoms with Gasteiger partial charge in [0.1, 0.15) is 6.10 Å². The summed E-state index contributed by atoms with van der Waals surface area (Å²) < 4.78 is 6.12. The Labute approximate surface area is 142 Å². The van der Waals surface area contributed by atoms with E-state index in [4.69, 9.17) is 9.57 Å². The highest BCUT2D eigenvalue weighted by Gasteiger charge is 2.43. The highest BCUT2D eigenvalue weighted by molar-refractivity contribution is 5.80. The largest absolute Gasteiger partial charge is 0.363 e. The van der Waals surface area contributed by atoms with Gasteiger partial charge >= 0.3 is 0 Å². The summed E-state index contributed by atoms with van der Waals surface area (Å²) in [6, 6.07) is 4.11. The number of pyridine rings is 1. The fourth-order valence-electron chi connectivity index (χ4n) is 3.97. The molecule has 0 unspecified atom stereocenters. The summed E-state index contributed by atoms with van der Waals surface area (Å²) in [6.45, 7) is 4.22. The van der Waals surface area contributed by atoms with Crippen LogP contribution in [0.15, 0.2) is 24.5 Å². The molecule has 3 saturated heterocycles. The number of piperidine rings is 1. The number of amides is 1. The van der Waals surface area contributed by atoms with Crippen molar-refractivity contribution in [2.75, 3.05) is 26.2 Å². The number of ether oxygens (including phenoxy) is 1. The number of carbonyl (C=O) groups excluding carboxylic acids is 1. The van der Waals surface area contributed by atoms with Crippen molar-refractivity contribution in [3.8, 4) is 0 Å². The van der Waals surface area contributed by atoms with Crippen LogP contribution in [0, 0.1) is 5.92 Å². The molecule has 1 aromatic heterocycles. The van der Waals surface area contributed by atoms with Gasteiger partial charge in [-0.1, -0.05) is 0 Å². The molecular formula is C18H25N3O3. The van der Waals surface area contributed by atoms with Crippen LogP contribution < -0.4 is 0 Å². The number of likely N-dealkylation sites (tertiary alicyclic amines) is 1. The van der Waals surface area contributed by atoms with Crippen LogP contribution in [0.1, 0.15) is 31.2 Å². The highest BCUT2D eigenvalue weighted by atomic mass is 16.7. The van der Waals surface area contributed by atoms with Gasteiger partial charge in [-0.25, -0.2) is 5.06 Å². The maximum absolute atomic E-state index is 12.6. The number of nitrogens with zero attached hydrogens (tertiary/aromatic N) is 3. The van der Waals surface area contributed by atoms with Crippen LogP contribution in [-0.4, -0.2) is 59.3 Å². The average Bonchev–Trinajstić information content (AvgIpc) is 3.06. The van der Waals surface area contributed by atoms with E-state index in [0.29, 0.717) is 19.1 Å². The lowest BCUT2D eigenvalue weighted by Crippen LogP contribution is -2.43. The molecule has 3 fully saturated rings. The van der Waals surface area contributed by atoms with E-state index in [9.17, 15) is 4.79 Å². The van der Waals surface area contributed by atoms with Crippen molar-refractivity contribution in [2.45, 2.75) is 44.4 Å². The van der Waals surface area contributed by atoms with Crippen LogP contribution in [0.2, 0.25) is 0 Å². The monoisotopic (exact) mass is 331 g/mol. The zero-order chi connectivity index (χ0) is 16.4. The van der Waals surface area contributed by atoms with E-state index in [-0.39, 0.29) is 18.1 Å². The van der Waals surface area contributed by atoms with Gasteiger partial charge in [0.15, 0.2) is 0 Å². The second-order valence-electron chi connectivity index (χ2n) is 7.02. The number of rotatable bonds is 3. The van der Waals surface area contributed by atoms with E-state index in [0.717, 1.165) is 45.3 Å². The molecule has 0 aromatic carbocycles. The second kappa shape index (κ2) is 7.17. The minimum Gasteiger partial charge on any atom is -0.363 e. The molecule has 0 radical (unpaired) electrons. The lowest BCUT2D eigenvalue weighted by atomic mass is 9.91. The summed E-state index contributed by atoms with van der Waals surface area (Å²) in [6.07, 6.45) is 7.50. The van der Waals surface area contributed by atoms with Gasteiger partial charge in [-0.05, 0) is 55.8 Å². The zero-order valence-corrected chi connectivity index (χ0v) is 14.0. The Balaban J connectivity index is 1.33. The van der Waals surface area contributed by atoms with Crippen LogP contribution in [-0.2, 0) is 20.9 Å². The first-order valence-corrected chi connectivity index (χ1v) is 9.00. The molecule has 4 rings (SSSR count). The summed E-state index contributed by atoms with van der Waals surface area (Å²) in [5.74, 6) is 0.516. The first-order chi connectivity index (χ1) is 11.8. The molecule has 3 aliphatic heterocycles. The third kappa shape index (κ3) is 3.45. The van der Waals surface area contributed by atoms with E-state index < -0.39 is 0 Å². The minimum absolute atomic E-state index is 0.0183. The van der Waals surface area contributed by atoms with Gasteiger partial charge in [-0.3, -0.25) is 19.5 Å². The van der Waals surface area contributed by atoms with Gasteiger partial charge in [0.2, 0.25) is 0 Å². The first kappa shape index (κ1) is 16.0. The number of carbonyl (C=O) groups is 1. The molecule has 4 heterocycles. The molecule has 0 bridgehead atoms. The topological polar surface area (TPSA) is 54.9 Å². The van der Waals surface area contributed by atoms with E-state index in [1.807, 2.05) is 12.4 Å². The quantitative estimate of drug-likeness (QED) is 0.842. The number of hydroxylamine groups is 2. The molecule has 6 heteroatoms. The van der Waals surface area contributed by atoms with Crippen molar-refractivity contribution >= 4 is 5.91 Å². The fraction of sp³-hybridized carbons (Fsp3) is 0.667. The van der Waals surface area contributed by atoms with E-state index >= 15 is 0 Å². The third-order valence-electron chi connectivity index (χ3n) is 5.32. The predicted molar refractivity (Wildman–Crippen MR) is 87.8 cm³/mol.